The first-order valence-corrected chi connectivity index (χ1v) is 9.05. The summed E-state index contributed by atoms with van der Waals surface area (Å²) in [5, 5.41) is 9.38. The summed E-state index contributed by atoms with van der Waals surface area (Å²) in [6, 6.07) is 0.499. The molecule has 116 valence electrons. The van der Waals surface area contributed by atoms with E-state index in [-0.39, 0.29) is 5.54 Å². The smallest absolute Gasteiger partial charge is 0.305 e. The molecule has 0 amide bonds. The Kier molecular flexibility index (Phi) is 5.06. The molecule has 1 saturated carbocycles. The molecule has 1 saturated heterocycles. The van der Waals surface area contributed by atoms with Crippen molar-refractivity contribution in [2.75, 3.05) is 18.6 Å². The highest BCUT2D eigenvalue weighted by atomic mass is 32.2. The third-order valence-electron chi connectivity index (χ3n) is 5.55. The molecule has 20 heavy (non-hydrogen) atoms. The third kappa shape index (κ3) is 3.33. The van der Waals surface area contributed by atoms with Crippen molar-refractivity contribution in [3.05, 3.63) is 0 Å². The number of carboxylic acid groups (broad SMARTS) is 1. The van der Waals surface area contributed by atoms with Gasteiger partial charge in [0.1, 0.15) is 0 Å². The van der Waals surface area contributed by atoms with E-state index in [0.717, 1.165) is 18.6 Å². The van der Waals surface area contributed by atoms with Crippen LogP contribution in [0.5, 0.6) is 0 Å². The number of hydrogen-bond acceptors (Lipinski definition) is 3. The third-order valence-corrected chi connectivity index (χ3v) is 6.59. The number of nitrogens with zero attached hydrogens (tertiary/aromatic N) is 1. The van der Waals surface area contributed by atoms with E-state index in [9.17, 15) is 9.90 Å². The summed E-state index contributed by atoms with van der Waals surface area (Å²) in [5.41, 5.74) is 0.187. The average Bonchev–Trinajstić information content (AvgIpc) is 2.37. The summed E-state index contributed by atoms with van der Waals surface area (Å²) in [6.07, 6.45) is 7.25. The molecular weight excluding hydrogens is 270 g/mol. The molecule has 3 nitrogen and oxygen atoms in total. The number of carboxylic acids is 1. The Bertz CT molecular complexity index is 350. The van der Waals surface area contributed by atoms with E-state index in [1.54, 1.807) is 0 Å². The molecule has 4 heteroatoms. The maximum absolute atomic E-state index is 11.4. The minimum Gasteiger partial charge on any atom is -0.481 e. The number of aliphatic carboxylic acids is 1. The topological polar surface area (TPSA) is 40.5 Å². The van der Waals surface area contributed by atoms with Crippen molar-refractivity contribution >= 4 is 17.7 Å². The van der Waals surface area contributed by atoms with Gasteiger partial charge in [-0.15, -0.1) is 0 Å². The van der Waals surface area contributed by atoms with Crippen LogP contribution in [0.25, 0.3) is 0 Å². The lowest BCUT2D eigenvalue weighted by Crippen LogP contribution is -2.59. The molecule has 1 N–H and O–H groups in total. The fourth-order valence-electron chi connectivity index (χ4n) is 4.03. The molecule has 2 rings (SSSR count). The quantitative estimate of drug-likeness (QED) is 0.860. The Morgan fingerprint density at radius 2 is 1.90 bits per heavy atom. The largest absolute Gasteiger partial charge is 0.481 e. The Morgan fingerprint density at radius 1 is 1.25 bits per heavy atom. The first kappa shape index (κ1) is 16.2. The monoisotopic (exact) mass is 299 g/mol. The lowest BCUT2D eigenvalue weighted by molar-refractivity contribution is -0.142. The molecule has 2 fully saturated rings. The first-order chi connectivity index (χ1) is 9.37. The van der Waals surface area contributed by atoms with Gasteiger partial charge in [0.15, 0.2) is 0 Å². The Balaban J connectivity index is 2.20. The highest BCUT2D eigenvalue weighted by molar-refractivity contribution is 7.99. The van der Waals surface area contributed by atoms with E-state index in [4.69, 9.17) is 0 Å². The predicted octanol–water partition coefficient (Wildman–Crippen LogP) is 3.63. The van der Waals surface area contributed by atoms with Crippen molar-refractivity contribution in [2.45, 2.75) is 70.4 Å². The molecule has 1 aliphatic heterocycles. The standard InChI is InChI=1S/C16H29NO2S/c1-15(2)9-10-20-12-13(15)17(3)16(11-14(18)19)7-5-4-6-8-16/h13H,4-12H2,1-3H3,(H,18,19). The van der Waals surface area contributed by atoms with Crippen LogP contribution < -0.4 is 0 Å². The lowest BCUT2D eigenvalue weighted by atomic mass is 9.73. The van der Waals surface area contributed by atoms with Crippen LogP contribution in [0.1, 0.15) is 58.8 Å². The minimum absolute atomic E-state index is 0.107. The van der Waals surface area contributed by atoms with Crippen molar-refractivity contribution in [3.63, 3.8) is 0 Å². The van der Waals surface area contributed by atoms with Crippen LogP contribution in [0.4, 0.5) is 0 Å². The molecule has 2 aliphatic rings. The number of carbonyl (C=O) groups is 1. The van der Waals surface area contributed by atoms with Gasteiger partial charge in [0, 0.05) is 17.3 Å². The Labute approximate surface area is 127 Å². The molecule has 1 heterocycles. The molecule has 0 aromatic heterocycles. The second kappa shape index (κ2) is 6.27. The zero-order valence-corrected chi connectivity index (χ0v) is 14.0. The summed E-state index contributed by atoms with van der Waals surface area (Å²) in [5.74, 6) is 1.74. The van der Waals surface area contributed by atoms with Gasteiger partial charge in [0.05, 0.1) is 6.42 Å². The van der Waals surface area contributed by atoms with Gasteiger partial charge in [-0.05, 0) is 37.5 Å². The summed E-state index contributed by atoms with van der Waals surface area (Å²) in [4.78, 5) is 13.9. The zero-order chi connectivity index (χ0) is 14.8. The van der Waals surface area contributed by atoms with Crippen LogP contribution in [0.3, 0.4) is 0 Å². The number of thioether (sulfide) groups is 1. The predicted molar refractivity (Wildman–Crippen MR) is 85.3 cm³/mol. The normalized spacial score (nSPS) is 29.3. The first-order valence-electron chi connectivity index (χ1n) is 7.90. The summed E-state index contributed by atoms with van der Waals surface area (Å²) >= 11 is 2.03. The molecular formula is C16H29NO2S. The van der Waals surface area contributed by atoms with Gasteiger partial charge in [-0.2, -0.15) is 11.8 Å². The highest BCUT2D eigenvalue weighted by Gasteiger charge is 2.45. The van der Waals surface area contributed by atoms with E-state index < -0.39 is 5.97 Å². The van der Waals surface area contributed by atoms with Crippen molar-refractivity contribution in [2.24, 2.45) is 5.41 Å². The van der Waals surface area contributed by atoms with Crippen LogP contribution in [-0.2, 0) is 4.79 Å². The van der Waals surface area contributed by atoms with Gasteiger partial charge in [-0.1, -0.05) is 33.1 Å². The van der Waals surface area contributed by atoms with Gasteiger partial charge < -0.3 is 5.11 Å². The molecule has 0 aromatic rings. The van der Waals surface area contributed by atoms with E-state index in [1.807, 2.05) is 11.8 Å². The minimum atomic E-state index is -0.639. The fraction of sp³-hybridized carbons (Fsp3) is 0.938. The van der Waals surface area contributed by atoms with Crippen LogP contribution in [-0.4, -0.2) is 46.1 Å². The molecule has 0 spiro atoms. The van der Waals surface area contributed by atoms with Crippen molar-refractivity contribution < 1.29 is 9.90 Å². The second-order valence-electron chi connectivity index (χ2n) is 7.30. The Morgan fingerprint density at radius 3 is 2.45 bits per heavy atom. The van der Waals surface area contributed by atoms with Gasteiger partial charge in [-0.3, -0.25) is 9.69 Å². The van der Waals surface area contributed by atoms with Crippen LogP contribution >= 0.6 is 11.8 Å². The highest BCUT2D eigenvalue weighted by Crippen LogP contribution is 2.44. The molecule has 0 bridgehead atoms. The van der Waals surface area contributed by atoms with Gasteiger partial charge in [0.2, 0.25) is 0 Å². The maximum atomic E-state index is 11.4. The number of rotatable bonds is 4. The SMILES string of the molecule is CN(C1CSCCC1(C)C)C1(CC(=O)O)CCCCC1. The van der Waals surface area contributed by atoms with Crippen LogP contribution in [0.2, 0.25) is 0 Å². The van der Waals surface area contributed by atoms with Crippen molar-refractivity contribution in [3.8, 4) is 0 Å². The molecule has 1 aliphatic carbocycles. The zero-order valence-electron chi connectivity index (χ0n) is 13.2. The van der Waals surface area contributed by atoms with Crippen LogP contribution in [0.15, 0.2) is 0 Å². The molecule has 0 radical (unpaired) electrons. The average molecular weight is 299 g/mol. The Hall–Kier alpha value is -0.220. The van der Waals surface area contributed by atoms with Crippen molar-refractivity contribution in [1.29, 1.82) is 0 Å². The van der Waals surface area contributed by atoms with E-state index in [0.29, 0.717) is 17.9 Å². The number of hydrogen-bond donors (Lipinski definition) is 1. The van der Waals surface area contributed by atoms with E-state index >= 15 is 0 Å². The molecule has 1 unspecified atom stereocenters. The summed E-state index contributed by atoms with van der Waals surface area (Å²) in [6.45, 7) is 4.70. The van der Waals surface area contributed by atoms with E-state index in [2.05, 4.69) is 25.8 Å². The molecule has 1 atom stereocenters. The van der Waals surface area contributed by atoms with Crippen molar-refractivity contribution in [1.82, 2.24) is 4.90 Å². The summed E-state index contributed by atoms with van der Waals surface area (Å²) < 4.78 is 0. The second-order valence-corrected chi connectivity index (χ2v) is 8.45. The van der Waals surface area contributed by atoms with E-state index in [1.165, 1.54) is 31.4 Å². The van der Waals surface area contributed by atoms with Gasteiger partial charge >= 0.3 is 5.97 Å². The lowest BCUT2D eigenvalue weighted by Gasteiger charge is -2.53. The maximum Gasteiger partial charge on any atom is 0.305 e. The summed E-state index contributed by atoms with van der Waals surface area (Å²) in [7, 11) is 2.19. The van der Waals surface area contributed by atoms with Gasteiger partial charge in [0.25, 0.3) is 0 Å². The fourth-order valence-corrected chi connectivity index (χ4v) is 5.77. The molecule has 0 aromatic carbocycles. The van der Waals surface area contributed by atoms with Gasteiger partial charge in [-0.25, -0.2) is 0 Å². The van der Waals surface area contributed by atoms with Crippen LogP contribution in [0, 0.1) is 5.41 Å².